The van der Waals surface area contributed by atoms with Gasteiger partial charge in [0.05, 0.1) is 12.8 Å². The van der Waals surface area contributed by atoms with E-state index in [0.717, 1.165) is 32.0 Å². The van der Waals surface area contributed by atoms with Crippen LogP contribution in [0.3, 0.4) is 0 Å². The maximum Gasteiger partial charge on any atom is 0.248 e. The quantitative estimate of drug-likeness (QED) is 0.302. The minimum atomic E-state index is -0.252. The summed E-state index contributed by atoms with van der Waals surface area (Å²) in [5.41, 5.74) is 3.79. The van der Waals surface area contributed by atoms with Gasteiger partial charge in [0.25, 0.3) is 0 Å². The fraction of sp³-hybridized carbons (Fsp3) is 0.0385. The SMILES string of the molecule is COc1ccc(Br)cc1C=CC(=O)Nc1ccc2nn(-c3cccc4ccccc34)nc2c1. The van der Waals surface area contributed by atoms with Crippen molar-refractivity contribution < 1.29 is 9.53 Å². The van der Waals surface area contributed by atoms with Gasteiger partial charge in [-0.25, -0.2) is 0 Å². The molecule has 1 amide bonds. The number of ether oxygens (including phenoxy) is 1. The lowest BCUT2D eigenvalue weighted by atomic mass is 10.1. The predicted molar refractivity (Wildman–Crippen MR) is 135 cm³/mol. The third-order valence-corrected chi connectivity index (χ3v) is 5.73. The summed E-state index contributed by atoms with van der Waals surface area (Å²) >= 11 is 3.44. The number of amides is 1. The summed E-state index contributed by atoms with van der Waals surface area (Å²) in [5.74, 6) is 0.437. The molecule has 0 saturated carbocycles. The van der Waals surface area contributed by atoms with Crippen molar-refractivity contribution in [2.75, 3.05) is 12.4 Å². The van der Waals surface area contributed by atoms with Crippen LogP contribution in [0.2, 0.25) is 0 Å². The topological polar surface area (TPSA) is 69.0 Å². The Kier molecular flexibility index (Phi) is 5.62. The molecule has 5 rings (SSSR count). The van der Waals surface area contributed by atoms with E-state index in [-0.39, 0.29) is 5.91 Å². The van der Waals surface area contributed by atoms with E-state index in [2.05, 4.69) is 49.6 Å². The van der Waals surface area contributed by atoms with Crippen LogP contribution < -0.4 is 10.1 Å². The molecule has 0 fully saturated rings. The Bertz CT molecular complexity index is 1520. The summed E-state index contributed by atoms with van der Waals surface area (Å²) < 4.78 is 6.25. The van der Waals surface area contributed by atoms with Gasteiger partial charge in [-0.15, -0.1) is 15.0 Å². The number of fused-ring (bicyclic) bond motifs is 2. The van der Waals surface area contributed by atoms with Crippen molar-refractivity contribution in [3.05, 3.63) is 95.0 Å². The van der Waals surface area contributed by atoms with E-state index in [9.17, 15) is 4.79 Å². The lowest BCUT2D eigenvalue weighted by Gasteiger charge is -2.05. The fourth-order valence-corrected chi connectivity index (χ4v) is 4.05. The van der Waals surface area contributed by atoms with Gasteiger partial charge >= 0.3 is 0 Å². The maximum atomic E-state index is 12.5. The molecule has 33 heavy (non-hydrogen) atoms. The summed E-state index contributed by atoms with van der Waals surface area (Å²) in [4.78, 5) is 14.1. The Morgan fingerprint density at radius 1 is 0.970 bits per heavy atom. The van der Waals surface area contributed by atoms with Crippen LogP contribution in [-0.4, -0.2) is 28.0 Å². The number of carbonyl (C=O) groups is 1. The fourth-order valence-electron chi connectivity index (χ4n) is 3.67. The minimum absolute atomic E-state index is 0.252. The number of nitrogens with one attached hydrogen (secondary N) is 1. The normalized spacial score (nSPS) is 11.3. The van der Waals surface area contributed by atoms with Crippen molar-refractivity contribution in [1.82, 2.24) is 15.0 Å². The number of hydrogen-bond donors (Lipinski definition) is 1. The largest absolute Gasteiger partial charge is 0.496 e. The molecule has 0 radical (unpaired) electrons. The van der Waals surface area contributed by atoms with Crippen LogP contribution >= 0.6 is 15.9 Å². The first-order valence-corrected chi connectivity index (χ1v) is 11.1. The number of rotatable bonds is 5. The molecule has 0 bridgehead atoms. The summed E-state index contributed by atoms with van der Waals surface area (Å²) in [6.45, 7) is 0. The van der Waals surface area contributed by atoms with E-state index >= 15 is 0 Å². The van der Waals surface area contributed by atoms with Crippen molar-refractivity contribution in [3.63, 3.8) is 0 Å². The van der Waals surface area contributed by atoms with Gasteiger partial charge in [-0.1, -0.05) is 52.3 Å². The summed E-state index contributed by atoms with van der Waals surface area (Å²) in [6.07, 6.45) is 3.19. The Balaban J connectivity index is 1.39. The van der Waals surface area contributed by atoms with E-state index in [1.54, 1.807) is 18.0 Å². The van der Waals surface area contributed by atoms with Crippen LogP contribution in [0.5, 0.6) is 5.75 Å². The monoisotopic (exact) mass is 498 g/mol. The molecule has 0 unspecified atom stereocenters. The van der Waals surface area contributed by atoms with Gasteiger partial charge in [0.15, 0.2) is 0 Å². The van der Waals surface area contributed by atoms with Crippen molar-refractivity contribution >= 4 is 55.4 Å². The second-order valence-electron chi connectivity index (χ2n) is 7.40. The number of carbonyl (C=O) groups excluding carboxylic acids is 1. The second-order valence-corrected chi connectivity index (χ2v) is 8.32. The number of benzene rings is 4. The van der Waals surface area contributed by atoms with Gasteiger partial charge in [-0.3, -0.25) is 4.79 Å². The molecular weight excluding hydrogens is 480 g/mol. The smallest absolute Gasteiger partial charge is 0.248 e. The van der Waals surface area contributed by atoms with Crippen LogP contribution in [0, 0.1) is 0 Å². The average molecular weight is 499 g/mol. The predicted octanol–water partition coefficient (Wildman–Crippen LogP) is 6.00. The van der Waals surface area contributed by atoms with Crippen LogP contribution in [0.4, 0.5) is 5.69 Å². The van der Waals surface area contributed by atoms with Crippen molar-refractivity contribution in [1.29, 1.82) is 0 Å². The van der Waals surface area contributed by atoms with E-state index in [1.807, 2.05) is 60.7 Å². The molecule has 0 spiro atoms. The second kappa shape index (κ2) is 8.88. The Morgan fingerprint density at radius 3 is 2.67 bits per heavy atom. The molecule has 0 aliphatic carbocycles. The van der Waals surface area contributed by atoms with Gasteiger partial charge in [0, 0.05) is 27.2 Å². The standard InChI is InChI=1S/C26H19BrN4O2/c1-33-25-13-10-19(27)15-18(25)9-14-26(32)28-20-11-12-22-23(16-20)30-31(29-22)24-8-4-6-17-5-2-3-7-21(17)24/h2-16H,1H3,(H,28,32). The highest BCUT2D eigenvalue weighted by Gasteiger charge is 2.09. The lowest BCUT2D eigenvalue weighted by Crippen LogP contribution is -2.07. The zero-order valence-corrected chi connectivity index (χ0v) is 19.3. The molecule has 1 heterocycles. The van der Waals surface area contributed by atoms with Gasteiger partial charge in [0.2, 0.25) is 5.91 Å². The molecular formula is C26H19BrN4O2. The first kappa shape index (κ1) is 20.9. The Morgan fingerprint density at radius 2 is 1.79 bits per heavy atom. The number of methoxy groups -OCH3 is 1. The Labute approximate surface area is 198 Å². The third-order valence-electron chi connectivity index (χ3n) is 5.24. The minimum Gasteiger partial charge on any atom is -0.496 e. The molecule has 7 heteroatoms. The number of halogens is 1. The number of anilines is 1. The number of hydrogen-bond acceptors (Lipinski definition) is 4. The van der Waals surface area contributed by atoms with Crippen LogP contribution in [-0.2, 0) is 4.79 Å². The van der Waals surface area contributed by atoms with Crippen LogP contribution in [0.15, 0.2) is 89.4 Å². The summed E-state index contributed by atoms with van der Waals surface area (Å²) in [7, 11) is 1.60. The van der Waals surface area contributed by atoms with Gasteiger partial charge in [0.1, 0.15) is 16.8 Å². The maximum absolute atomic E-state index is 12.5. The first-order chi connectivity index (χ1) is 16.1. The van der Waals surface area contributed by atoms with Crippen LogP contribution in [0.25, 0.3) is 33.6 Å². The van der Waals surface area contributed by atoms with Crippen molar-refractivity contribution in [2.45, 2.75) is 0 Å². The zero-order chi connectivity index (χ0) is 22.8. The van der Waals surface area contributed by atoms with Crippen molar-refractivity contribution in [2.24, 2.45) is 0 Å². The van der Waals surface area contributed by atoms with Gasteiger partial charge < -0.3 is 10.1 Å². The third kappa shape index (κ3) is 4.36. The summed E-state index contributed by atoms with van der Waals surface area (Å²) in [6, 6.07) is 25.3. The van der Waals surface area contributed by atoms with Gasteiger partial charge in [-0.05, 0) is 53.9 Å². The molecule has 0 aliphatic heterocycles. The molecule has 0 aliphatic rings. The Hall–Kier alpha value is -3.97. The van der Waals surface area contributed by atoms with E-state index < -0.39 is 0 Å². The lowest BCUT2D eigenvalue weighted by molar-refractivity contribution is -0.111. The number of nitrogens with zero attached hydrogens (tertiary/aromatic N) is 3. The van der Waals surface area contributed by atoms with Gasteiger partial charge in [-0.2, -0.15) is 0 Å². The van der Waals surface area contributed by atoms with E-state index in [0.29, 0.717) is 17.0 Å². The molecule has 0 saturated heterocycles. The molecule has 162 valence electrons. The highest BCUT2D eigenvalue weighted by molar-refractivity contribution is 9.10. The van der Waals surface area contributed by atoms with E-state index in [4.69, 9.17) is 4.74 Å². The molecule has 4 aromatic carbocycles. The molecule has 1 N–H and O–H groups in total. The molecule has 6 nitrogen and oxygen atoms in total. The first-order valence-electron chi connectivity index (χ1n) is 10.3. The van der Waals surface area contributed by atoms with Crippen LogP contribution in [0.1, 0.15) is 5.56 Å². The van der Waals surface area contributed by atoms with Crippen molar-refractivity contribution in [3.8, 4) is 11.4 Å². The van der Waals surface area contributed by atoms with E-state index in [1.165, 1.54) is 6.08 Å². The molecule has 0 atom stereocenters. The highest BCUT2D eigenvalue weighted by atomic mass is 79.9. The average Bonchev–Trinajstić information content (AvgIpc) is 3.25. The molecule has 5 aromatic rings. The number of aromatic nitrogens is 3. The highest BCUT2D eigenvalue weighted by Crippen LogP contribution is 2.25. The molecule has 1 aromatic heterocycles. The zero-order valence-electron chi connectivity index (χ0n) is 17.7. The summed E-state index contributed by atoms with van der Waals surface area (Å²) in [5, 5.41) is 14.3.